The molecule has 0 fully saturated rings. The average Bonchev–Trinajstić information content (AvgIpc) is 3.13. The van der Waals surface area contributed by atoms with Gasteiger partial charge in [-0.15, -0.1) is 0 Å². The molecule has 1 aliphatic rings. The lowest BCUT2D eigenvalue weighted by molar-refractivity contribution is 1.27. The third kappa shape index (κ3) is 5.21. The molecule has 0 amide bonds. The fourth-order valence-corrected chi connectivity index (χ4v) is 7.35. The minimum absolute atomic E-state index is 1.15. The largest absolute Gasteiger partial charge is 0.310 e. The summed E-state index contributed by atoms with van der Waals surface area (Å²) in [4.78, 5) is 4.71. The van der Waals surface area contributed by atoms with E-state index in [1.165, 1.54) is 66.1 Å². The van der Waals surface area contributed by atoms with Crippen LogP contribution in [-0.4, -0.2) is 0 Å². The Kier molecular flexibility index (Phi) is 7.07. The summed E-state index contributed by atoms with van der Waals surface area (Å²) in [6, 6.07) is 58.5. The number of fused-ring (bicyclic) bond motifs is 6. The SMILES string of the molecule is Cc1ccc(N(c2ccc(C)cc2)c2ccc3cc4c(cc3c2)-c2cc3cc(N(c5ccc(C)cc5)c5ccc(C)cc5)ccc3cc2-4)cc1. The minimum atomic E-state index is 1.15. The molecule has 2 nitrogen and oxygen atoms in total. The minimum Gasteiger partial charge on any atom is -0.310 e. The van der Waals surface area contributed by atoms with E-state index in [1.54, 1.807) is 0 Å². The number of nitrogens with zero attached hydrogens (tertiary/aromatic N) is 2. The summed E-state index contributed by atoms with van der Waals surface area (Å²) in [6.45, 7) is 8.55. The summed E-state index contributed by atoms with van der Waals surface area (Å²) in [5.74, 6) is 0. The molecule has 1 aliphatic carbocycles. The summed E-state index contributed by atoms with van der Waals surface area (Å²) in [6.07, 6.45) is 0. The van der Waals surface area contributed by atoms with E-state index < -0.39 is 0 Å². The van der Waals surface area contributed by atoms with Crippen molar-refractivity contribution in [3.8, 4) is 22.3 Å². The van der Waals surface area contributed by atoms with Crippen LogP contribution in [0.2, 0.25) is 0 Å². The monoisotopic (exact) mass is 642 g/mol. The van der Waals surface area contributed by atoms with Gasteiger partial charge in [0.1, 0.15) is 0 Å². The topological polar surface area (TPSA) is 6.48 Å². The smallest absolute Gasteiger partial charge is 0.0468 e. The second kappa shape index (κ2) is 11.8. The second-order valence-electron chi connectivity index (χ2n) is 13.9. The number of anilines is 6. The zero-order valence-electron chi connectivity index (χ0n) is 28.9. The maximum absolute atomic E-state index is 2.39. The number of aryl methyl sites for hydroxylation is 4. The summed E-state index contributed by atoms with van der Waals surface area (Å²) in [5, 5.41) is 5.01. The van der Waals surface area contributed by atoms with E-state index in [4.69, 9.17) is 0 Å². The molecule has 0 spiro atoms. The van der Waals surface area contributed by atoms with Crippen molar-refractivity contribution in [2.45, 2.75) is 27.7 Å². The van der Waals surface area contributed by atoms with Crippen molar-refractivity contribution in [1.82, 2.24) is 0 Å². The maximum Gasteiger partial charge on any atom is 0.0468 e. The lowest BCUT2D eigenvalue weighted by atomic mass is 9.78. The van der Waals surface area contributed by atoms with Crippen LogP contribution in [0.5, 0.6) is 0 Å². The van der Waals surface area contributed by atoms with Crippen LogP contribution in [0, 0.1) is 27.7 Å². The fraction of sp³-hybridized carbons (Fsp3) is 0.0833. The first kappa shape index (κ1) is 30.0. The van der Waals surface area contributed by atoms with Crippen molar-refractivity contribution in [1.29, 1.82) is 0 Å². The Balaban J connectivity index is 1.12. The van der Waals surface area contributed by atoms with Crippen LogP contribution in [0.1, 0.15) is 22.3 Å². The highest BCUT2D eigenvalue weighted by molar-refractivity contribution is 6.12. The summed E-state index contributed by atoms with van der Waals surface area (Å²) < 4.78 is 0. The molecule has 0 radical (unpaired) electrons. The Morgan fingerprint density at radius 2 is 0.480 bits per heavy atom. The number of benzene rings is 8. The van der Waals surface area contributed by atoms with Crippen LogP contribution in [0.4, 0.5) is 34.1 Å². The Hall–Kier alpha value is -6.12. The summed E-state index contributed by atoms with van der Waals surface area (Å²) >= 11 is 0. The van der Waals surface area contributed by atoms with E-state index in [0.29, 0.717) is 0 Å². The highest BCUT2D eigenvalue weighted by Gasteiger charge is 2.25. The van der Waals surface area contributed by atoms with Crippen molar-refractivity contribution in [2.75, 3.05) is 9.80 Å². The number of hydrogen-bond donors (Lipinski definition) is 0. The molecule has 9 rings (SSSR count). The Labute approximate surface area is 294 Å². The van der Waals surface area contributed by atoms with Crippen molar-refractivity contribution in [3.63, 3.8) is 0 Å². The Morgan fingerprint density at radius 3 is 0.760 bits per heavy atom. The van der Waals surface area contributed by atoms with Gasteiger partial charge in [0.25, 0.3) is 0 Å². The first-order valence-corrected chi connectivity index (χ1v) is 17.4. The molecule has 0 saturated heterocycles. The van der Waals surface area contributed by atoms with E-state index in [0.717, 1.165) is 34.1 Å². The van der Waals surface area contributed by atoms with E-state index in [1.807, 2.05) is 0 Å². The molecule has 8 aromatic carbocycles. The second-order valence-corrected chi connectivity index (χ2v) is 13.9. The van der Waals surface area contributed by atoms with E-state index in [-0.39, 0.29) is 0 Å². The van der Waals surface area contributed by atoms with Crippen molar-refractivity contribution < 1.29 is 0 Å². The molecular weight excluding hydrogens is 605 g/mol. The number of rotatable bonds is 6. The number of hydrogen-bond acceptors (Lipinski definition) is 2. The molecule has 8 aromatic rings. The molecule has 240 valence electrons. The first-order chi connectivity index (χ1) is 24.4. The van der Waals surface area contributed by atoms with Gasteiger partial charge in [-0.05, 0) is 169 Å². The van der Waals surface area contributed by atoms with Crippen LogP contribution in [-0.2, 0) is 0 Å². The van der Waals surface area contributed by atoms with Gasteiger partial charge in [-0.2, -0.15) is 0 Å². The molecular formula is C48H38N2. The zero-order valence-corrected chi connectivity index (χ0v) is 28.9. The van der Waals surface area contributed by atoms with Crippen LogP contribution in [0.15, 0.2) is 158 Å². The highest BCUT2D eigenvalue weighted by atomic mass is 15.1. The van der Waals surface area contributed by atoms with Crippen LogP contribution < -0.4 is 9.80 Å². The van der Waals surface area contributed by atoms with Gasteiger partial charge in [-0.25, -0.2) is 0 Å². The van der Waals surface area contributed by atoms with Crippen molar-refractivity contribution >= 4 is 55.7 Å². The molecule has 0 N–H and O–H groups in total. The van der Waals surface area contributed by atoms with Crippen LogP contribution in [0.3, 0.4) is 0 Å². The van der Waals surface area contributed by atoms with Crippen molar-refractivity contribution in [2.24, 2.45) is 0 Å². The van der Waals surface area contributed by atoms with Gasteiger partial charge in [0, 0.05) is 34.1 Å². The van der Waals surface area contributed by atoms with Crippen LogP contribution in [0.25, 0.3) is 43.8 Å². The third-order valence-electron chi connectivity index (χ3n) is 10.2. The van der Waals surface area contributed by atoms with Gasteiger partial charge in [0.05, 0.1) is 0 Å². The van der Waals surface area contributed by atoms with E-state index in [9.17, 15) is 0 Å². The predicted molar refractivity (Wildman–Crippen MR) is 214 cm³/mol. The molecule has 2 heteroatoms. The first-order valence-electron chi connectivity index (χ1n) is 17.4. The van der Waals surface area contributed by atoms with Gasteiger partial charge in [-0.1, -0.05) is 82.9 Å². The molecule has 0 aliphatic heterocycles. The molecule has 0 bridgehead atoms. The van der Waals surface area contributed by atoms with Gasteiger partial charge < -0.3 is 9.80 Å². The molecule has 0 aromatic heterocycles. The van der Waals surface area contributed by atoms with Gasteiger partial charge in [-0.3, -0.25) is 0 Å². The summed E-state index contributed by atoms with van der Waals surface area (Å²) in [7, 11) is 0. The standard InChI is InChI=1S/C48H38N2/c1-31-5-15-39(16-6-31)49(40-17-7-32(2)8-18-40)43-23-13-35-27-45-46-28-36-14-24-44(26-38(36)30-48(46)47(45)29-37(35)25-43)50(41-19-9-33(3)10-20-41)42-21-11-34(4)12-22-42/h5-30H,1-4H3. The Bertz CT molecular complexity index is 2270. The van der Waals surface area contributed by atoms with Crippen LogP contribution >= 0.6 is 0 Å². The normalized spacial score (nSPS) is 11.6. The fourth-order valence-electron chi connectivity index (χ4n) is 7.35. The van der Waals surface area contributed by atoms with E-state index in [2.05, 4.69) is 195 Å². The quantitative estimate of drug-likeness (QED) is 0.178. The van der Waals surface area contributed by atoms with Gasteiger partial charge in [0.2, 0.25) is 0 Å². The zero-order chi connectivity index (χ0) is 33.9. The lowest BCUT2D eigenvalue weighted by Crippen LogP contribution is -2.10. The average molecular weight is 643 g/mol. The molecule has 0 saturated carbocycles. The lowest BCUT2D eigenvalue weighted by Gasteiger charge is -2.28. The predicted octanol–water partition coefficient (Wildman–Crippen LogP) is 13.8. The summed E-state index contributed by atoms with van der Waals surface area (Å²) in [5.41, 5.74) is 17.3. The van der Waals surface area contributed by atoms with E-state index >= 15 is 0 Å². The molecule has 0 atom stereocenters. The maximum atomic E-state index is 2.39. The van der Waals surface area contributed by atoms with Gasteiger partial charge in [0.15, 0.2) is 0 Å². The highest BCUT2D eigenvalue weighted by Crippen LogP contribution is 2.51. The third-order valence-corrected chi connectivity index (χ3v) is 10.2. The van der Waals surface area contributed by atoms with Crippen molar-refractivity contribution in [3.05, 3.63) is 180 Å². The molecule has 0 heterocycles. The molecule has 50 heavy (non-hydrogen) atoms. The van der Waals surface area contributed by atoms with Gasteiger partial charge >= 0.3 is 0 Å². The Morgan fingerprint density at radius 1 is 0.240 bits per heavy atom. The molecule has 0 unspecified atom stereocenters.